The van der Waals surface area contributed by atoms with Crippen molar-refractivity contribution in [3.8, 4) is 0 Å². The molecular formula is C22H24N4O2. The molecule has 4 rings (SSSR count). The average molecular weight is 376 g/mol. The van der Waals surface area contributed by atoms with Crippen molar-refractivity contribution >= 4 is 28.5 Å². The number of nitrogens with zero attached hydrogens (tertiary/aromatic N) is 3. The van der Waals surface area contributed by atoms with Crippen molar-refractivity contribution in [3.05, 3.63) is 60.4 Å². The predicted octanol–water partition coefficient (Wildman–Crippen LogP) is 3.29. The summed E-state index contributed by atoms with van der Waals surface area (Å²) in [7, 11) is 0. The van der Waals surface area contributed by atoms with E-state index in [1.165, 1.54) is 0 Å². The zero-order chi connectivity index (χ0) is 19.7. The Labute approximate surface area is 164 Å². The molecule has 2 atom stereocenters. The first kappa shape index (κ1) is 18.2. The lowest BCUT2D eigenvalue weighted by molar-refractivity contribution is -0.126. The fourth-order valence-corrected chi connectivity index (χ4v) is 3.89. The summed E-state index contributed by atoms with van der Waals surface area (Å²) in [6, 6.07) is 17.2. The normalized spacial score (nSPS) is 17.9. The third-order valence-corrected chi connectivity index (χ3v) is 5.31. The molecule has 0 saturated carbocycles. The Kier molecular flexibility index (Phi) is 4.86. The third-order valence-electron chi connectivity index (χ3n) is 5.31. The first-order valence-corrected chi connectivity index (χ1v) is 9.69. The van der Waals surface area contributed by atoms with Crippen molar-refractivity contribution in [1.82, 2.24) is 14.9 Å². The number of fused-ring (bicyclic) bond motifs is 1. The van der Waals surface area contributed by atoms with E-state index in [9.17, 15) is 9.59 Å². The van der Waals surface area contributed by atoms with E-state index in [-0.39, 0.29) is 30.2 Å². The number of amides is 2. The van der Waals surface area contributed by atoms with E-state index in [1.807, 2.05) is 61.5 Å². The number of aryl methyl sites for hydroxylation is 1. The summed E-state index contributed by atoms with van der Waals surface area (Å²) in [5.74, 6) is 0.365. The van der Waals surface area contributed by atoms with E-state index in [1.54, 1.807) is 4.90 Å². The molecule has 6 heteroatoms. The predicted molar refractivity (Wildman–Crippen MR) is 109 cm³/mol. The molecule has 3 aromatic rings. The summed E-state index contributed by atoms with van der Waals surface area (Å²) < 4.78 is 2.12. The molecule has 6 nitrogen and oxygen atoms in total. The maximum Gasteiger partial charge on any atom is 0.227 e. The van der Waals surface area contributed by atoms with Crippen molar-refractivity contribution in [3.63, 3.8) is 0 Å². The van der Waals surface area contributed by atoms with Gasteiger partial charge in [-0.05, 0) is 38.1 Å². The smallest absolute Gasteiger partial charge is 0.227 e. The van der Waals surface area contributed by atoms with Crippen molar-refractivity contribution in [2.75, 3.05) is 11.4 Å². The molecule has 1 saturated heterocycles. The lowest BCUT2D eigenvalue weighted by Gasteiger charge is -2.19. The first-order chi connectivity index (χ1) is 13.6. The SMILES string of the molecule is CCn1c(C(C)NC(=O)C2CC(=O)N(c3ccccc3)C2)nc2ccccc21. The van der Waals surface area contributed by atoms with Crippen LogP contribution in [-0.4, -0.2) is 27.9 Å². The number of hydrogen-bond donors (Lipinski definition) is 1. The number of anilines is 1. The zero-order valence-corrected chi connectivity index (χ0v) is 16.1. The van der Waals surface area contributed by atoms with Crippen LogP contribution >= 0.6 is 0 Å². The topological polar surface area (TPSA) is 67.2 Å². The van der Waals surface area contributed by atoms with Crippen LogP contribution in [0.1, 0.15) is 32.1 Å². The van der Waals surface area contributed by atoms with Gasteiger partial charge >= 0.3 is 0 Å². The van der Waals surface area contributed by atoms with Gasteiger partial charge in [-0.15, -0.1) is 0 Å². The van der Waals surface area contributed by atoms with Gasteiger partial charge in [0, 0.05) is 25.2 Å². The van der Waals surface area contributed by atoms with Gasteiger partial charge in [-0.1, -0.05) is 30.3 Å². The molecule has 1 aliphatic heterocycles. The number of carbonyl (C=O) groups excluding carboxylic acids is 2. The Morgan fingerprint density at radius 2 is 1.89 bits per heavy atom. The van der Waals surface area contributed by atoms with E-state index >= 15 is 0 Å². The Hall–Kier alpha value is -3.15. The molecule has 1 fully saturated rings. The highest BCUT2D eigenvalue weighted by molar-refractivity contribution is 6.00. The van der Waals surface area contributed by atoms with Gasteiger partial charge < -0.3 is 14.8 Å². The quantitative estimate of drug-likeness (QED) is 0.743. The summed E-state index contributed by atoms with van der Waals surface area (Å²) in [6.45, 7) is 5.20. The van der Waals surface area contributed by atoms with Crippen LogP contribution in [0.2, 0.25) is 0 Å². The third kappa shape index (κ3) is 3.26. The van der Waals surface area contributed by atoms with Crippen LogP contribution in [0.15, 0.2) is 54.6 Å². The molecule has 0 bridgehead atoms. The Morgan fingerprint density at radius 3 is 2.64 bits per heavy atom. The van der Waals surface area contributed by atoms with Gasteiger partial charge in [0.05, 0.1) is 23.0 Å². The van der Waals surface area contributed by atoms with E-state index < -0.39 is 0 Å². The molecule has 0 radical (unpaired) electrons. The van der Waals surface area contributed by atoms with Crippen molar-refractivity contribution in [2.45, 2.75) is 32.9 Å². The van der Waals surface area contributed by atoms with Crippen LogP contribution in [0.25, 0.3) is 11.0 Å². The maximum absolute atomic E-state index is 12.8. The molecule has 0 spiro atoms. The second kappa shape index (κ2) is 7.46. The monoisotopic (exact) mass is 376 g/mol. The highest BCUT2D eigenvalue weighted by Crippen LogP contribution is 2.26. The van der Waals surface area contributed by atoms with Crippen LogP contribution in [0.5, 0.6) is 0 Å². The second-order valence-corrected chi connectivity index (χ2v) is 7.17. The molecule has 2 amide bonds. The minimum Gasteiger partial charge on any atom is -0.346 e. The van der Waals surface area contributed by atoms with E-state index in [0.717, 1.165) is 29.1 Å². The van der Waals surface area contributed by atoms with Crippen LogP contribution in [-0.2, 0) is 16.1 Å². The number of imidazole rings is 1. The fraction of sp³-hybridized carbons (Fsp3) is 0.318. The lowest BCUT2D eigenvalue weighted by Crippen LogP contribution is -2.35. The molecule has 1 aliphatic rings. The molecule has 1 N–H and O–H groups in total. The van der Waals surface area contributed by atoms with E-state index in [2.05, 4.69) is 16.8 Å². The number of para-hydroxylation sites is 3. The standard InChI is InChI=1S/C22H24N4O2/c1-3-25-19-12-8-7-11-18(19)24-21(25)15(2)23-22(28)16-13-20(27)26(14-16)17-9-5-4-6-10-17/h4-12,15-16H,3,13-14H2,1-2H3,(H,23,28). The maximum atomic E-state index is 12.8. The van der Waals surface area contributed by atoms with Gasteiger partial charge in [0.15, 0.2) is 0 Å². The van der Waals surface area contributed by atoms with Gasteiger partial charge in [0.2, 0.25) is 11.8 Å². The number of rotatable bonds is 5. The highest BCUT2D eigenvalue weighted by Gasteiger charge is 2.35. The highest BCUT2D eigenvalue weighted by atomic mass is 16.2. The second-order valence-electron chi connectivity index (χ2n) is 7.17. The lowest BCUT2D eigenvalue weighted by atomic mass is 10.1. The summed E-state index contributed by atoms with van der Waals surface area (Å²) in [4.78, 5) is 31.6. The van der Waals surface area contributed by atoms with Gasteiger partial charge in [-0.3, -0.25) is 9.59 Å². The number of nitrogens with one attached hydrogen (secondary N) is 1. The van der Waals surface area contributed by atoms with Gasteiger partial charge in [0.25, 0.3) is 0 Å². The minimum atomic E-state index is -0.352. The van der Waals surface area contributed by atoms with Crippen LogP contribution in [0.4, 0.5) is 5.69 Å². The Morgan fingerprint density at radius 1 is 1.18 bits per heavy atom. The van der Waals surface area contributed by atoms with Gasteiger partial charge in [-0.25, -0.2) is 4.98 Å². The van der Waals surface area contributed by atoms with E-state index in [4.69, 9.17) is 4.98 Å². The molecule has 2 unspecified atom stereocenters. The molecule has 28 heavy (non-hydrogen) atoms. The molecule has 0 aliphatic carbocycles. The summed E-state index contributed by atoms with van der Waals surface area (Å²) >= 11 is 0. The number of hydrogen-bond acceptors (Lipinski definition) is 3. The number of benzene rings is 2. The summed E-state index contributed by atoms with van der Waals surface area (Å²) in [6.07, 6.45) is 0.234. The van der Waals surface area contributed by atoms with Crippen LogP contribution < -0.4 is 10.2 Å². The van der Waals surface area contributed by atoms with E-state index in [0.29, 0.717) is 6.54 Å². The van der Waals surface area contributed by atoms with Crippen LogP contribution in [0.3, 0.4) is 0 Å². The molecular weight excluding hydrogens is 352 g/mol. The Bertz CT molecular complexity index is 1010. The molecule has 1 aromatic heterocycles. The first-order valence-electron chi connectivity index (χ1n) is 9.69. The zero-order valence-electron chi connectivity index (χ0n) is 16.1. The number of aromatic nitrogens is 2. The van der Waals surface area contributed by atoms with Crippen molar-refractivity contribution in [1.29, 1.82) is 0 Å². The molecule has 144 valence electrons. The largest absolute Gasteiger partial charge is 0.346 e. The van der Waals surface area contributed by atoms with Crippen molar-refractivity contribution < 1.29 is 9.59 Å². The van der Waals surface area contributed by atoms with Crippen molar-refractivity contribution in [2.24, 2.45) is 5.92 Å². The van der Waals surface area contributed by atoms with Gasteiger partial charge in [0.1, 0.15) is 5.82 Å². The fourth-order valence-electron chi connectivity index (χ4n) is 3.89. The minimum absolute atomic E-state index is 0.0141. The van der Waals surface area contributed by atoms with Crippen LogP contribution in [0, 0.1) is 5.92 Å². The summed E-state index contributed by atoms with van der Waals surface area (Å²) in [5.41, 5.74) is 2.82. The molecule has 2 aromatic carbocycles. The number of carbonyl (C=O) groups is 2. The Balaban J connectivity index is 1.49. The summed E-state index contributed by atoms with van der Waals surface area (Å²) in [5, 5.41) is 3.07. The average Bonchev–Trinajstić information content (AvgIpc) is 3.29. The van der Waals surface area contributed by atoms with Gasteiger partial charge in [-0.2, -0.15) is 0 Å². The molecule has 2 heterocycles.